The number of hydrogen-bond acceptors (Lipinski definition) is 7. The summed E-state index contributed by atoms with van der Waals surface area (Å²) in [7, 11) is -3.78. The van der Waals surface area contributed by atoms with Crippen LogP contribution in [0.25, 0.3) is 22.4 Å². The molecule has 10 heteroatoms. The molecule has 0 atom stereocenters. The third-order valence-corrected chi connectivity index (χ3v) is 6.75. The molecule has 0 spiro atoms. The van der Waals surface area contributed by atoms with Crippen molar-refractivity contribution >= 4 is 32.8 Å². The van der Waals surface area contributed by atoms with E-state index in [1.807, 2.05) is 12.1 Å². The molecule has 0 aliphatic carbocycles. The minimum Gasteiger partial charge on any atom is -0.338 e. The van der Waals surface area contributed by atoms with Crippen molar-refractivity contribution < 1.29 is 12.9 Å². The van der Waals surface area contributed by atoms with E-state index in [-0.39, 0.29) is 4.90 Å². The normalized spacial score (nSPS) is 12.0. The van der Waals surface area contributed by atoms with Gasteiger partial charge >= 0.3 is 0 Å². The van der Waals surface area contributed by atoms with Crippen LogP contribution in [0.3, 0.4) is 0 Å². The van der Waals surface area contributed by atoms with Gasteiger partial charge in [0, 0.05) is 12.1 Å². The maximum Gasteiger partial charge on any atom is 0.238 e. The summed E-state index contributed by atoms with van der Waals surface area (Å²) in [5, 5.41) is 10.1. The molecule has 0 aliphatic heterocycles. The van der Waals surface area contributed by atoms with Crippen molar-refractivity contribution in [2.45, 2.75) is 49.0 Å². The summed E-state index contributed by atoms with van der Waals surface area (Å²) in [6.45, 7) is 4.94. The molecule has 0 saturated heterocycles. The van der Waals surface area contributed by atoms with Gasteiger partial charge < -0.3 is 9.09 Å². The summed E-state index contributed by atoms with van der Waals surface area (Å²) in [6, 6.07) is 12.9. The molecule has 8 nitrogen and oxygen atoms in total. The Bertz CT molecular complexity index is 1310. The Kier molecular flexibility index (Phi) is 6.12. The van der Waals surface area contributed by atoms with Gasteiger partial charge in [-0.2, -0.15) is 4.98 Å². The third kappa shape index (κ3) is 4.65. The lowest BCUT2D eigenvalue weighted by Gasteiger charge is -2.06. The fourth-order valence-corrected chi connectivity index (χ4v) is 4.67. The fraction of sp³-hybridized carbons (Fsp3) is 0.286. The molecule has 31 heavy (non-hydrogen) atoms. The van der Waals surface area contributed by atoms with Crippen LogP contribution in [-0.2, 0) is 28.7 Å². The number of nitrogens with zero attached hydrogens (tertiary/aromatic N) is 4. The largest absolute Gasteiger partial charge is 0.338 e. The maximum absolute atomic E-state index is 11.7. The topological polar surface area (TPSA) is 117 Å². The average molecular weight is 458 g/mol. The Morgan fingerprint density at radius 3 is 2.55 bits per heavy atom. The van der Waals surface area contributed by atoms with Crippen LogP contribution >= 0.6 is 11.8 Å². The molecule has 0 fully saturated rings. The SMILES string of the molecule is CCCn1c(SCc2nc(-c3ccc(CC)cc3)no2)nc2cc(S(N)(=O)=O)ccc21. The fourth-order valence-electron chi connectivity index (χ4n) is 3.26. The first-order valence-corrected chi connectivity index (χ1v) is 12.5. The van der Waals surface area contributed by atoms with Gasteiger partial charge in [0.15, 0.2) is 5.16 Å². The van der Waals surface area contributed by atoms with E-state index in [9.17, 15) is 8.42 Å². The number of benzene rings is 2. The predicted octanol–water partition coefficient (Wildman–Crippen LogP) is 4.00. The average Bonchev–Trinajstić information content (AvgIpc) is 3.36. The minimum atomic E-state index is -3.78. The molecular formula is C21H23N5O3S2. The van der Waals surface area contributed by atoms with Gasteiger partial charge in [-0.25, -0.2) is 18.5 Å². The molecule has 2 aromatic heterocycles. The number of hydrogen-bond donors (Lipinski definition) is 1. The van der Waals surface area contributed by atoms with Crippen molar-refractivity contribution in [1.82, 2.24) is 19.7 Å². The summed E-state index contributed by atoms with van der Waals surface area (Å²) < 4.78 is 30.8. The molecule has 0 amide bonds. The smallest absolute Gasteiger partial charge is 0.238 e. The summed E-state index contributed by atoms with van der Waals surface area (Å²) in [6.07, 6.45) is 1.89. The van der Waals surface area contributed by atoms with Gasteiger partial charge in [0.25, 0.3) is 0 Å². The second-order valence-electron chi connectivity index (χ2n) is 7.09. The van der Waals surface area contributed by atoms with E-state index >= 15 is 0 Å². The van der Waals surface area contributed by atoms with Crippen LogP contribution in [0.15, 0.2) is 57.0 Å². The van der Waals surface area contributed by atoms with Crippen LogP contribution in [-0.4, -0.2) is 28.1 Å². The first-order chi connectivity index (χ1) is 14.9. The first-order valence-electron chi connectivity index (χ1n) is 9.96. The molecule has 2 N–H and O–H groups in total. The standard InChI is InChI=1S/C21H23N5O3S2/c1-3-11-26-18-10-9-16(31(22,27)28)12-17(18)23-21(26)30-13-19-24-20(25-29-19)15-7-5-14(4-2)6-8-15/h5-10,12H,3-4,11,13H2,1-2H3,(H2,22,27,28). The van der Waals surface area contributed by atoms with Gasteiger partial charge in [0.05, 0.1) is 21.7 Å². The number of primary sulfonamides is 1. The Hall–Kier alpha value is -2.69. The number of aromatic nitrogens is 4. The lowest BCUT2D eigenvalue weighted by atomic mass is 10.1. The molecule has 162 valence electrons. The highest BCUT2D eigenvalue weighted by atomic mass is 32.2. The van der Waals surface area contributed by atoms with Crippen LogP contribution in [0.2, 0.25) is 0 Å². The number of aryl methyl sites for hydroxylation is 2. The maximum atomic E-state index is 11.7. The minimum absolute atomic E-state index is 0.0494. The van der Waals surface area contributed by atoms with Crippen molar-refractivity contribution in [2.24, 2.45) is 5.14 Å². The van der Waals surface area contributed by atoms with Crippen molar-refractivity contribution in [2.75, 3.05) is 0 Å². The monoisotopic (exact) mass is 457 g/mol. The van der Waals surface area contributed by atoms with Crippen LogP contribution in [0, 0.1) is 0 Å². The number of sulfonamides is 1. The van der Waals surface area contributed by atoms with Crippen molar-refractivity contribution in [1.29, 1.82) is 0 Å². The van der Waals surface area contributed by atoms with Crippen molar-refractivity contribution in [3.8, 4) is 11.4 Å². The van der Waals surface area contributed by atoms with Gasteiger partial charge in [-0.05, 0) is 36.6 Å². The van der Waals surface area contributed by atoms with E-state index in [1.54, 1.807) is 6.07 Å². The van der Waals surface area contributed by atoms with E-state index < -0.39 is 10.0 Å². The van der Waals surface area contributed by atoms with E-state index in [0.717, 1.165) is 35.6 Å². The van der Waals surface area contributed by atoms with Crippen LogP contribution in [0.4, 0.5) is 0 Å². The van der Waals surface area contributed by atoms with Gasteiger partial charge in [-0.1, -0.05) is 55.0 Å². The summed E-state index contributed by atoms with van der Waals surface area (Å²) >= 11 is 1.47. The zero-order valence-corrected chi connectivity index (χ0v) is 18.9. The quantitative estimate of drug-likeness (QED) is 0.397. The molecule has 4 aromatic rings. The number of fused-ring (bicyclic) bond motifs is 1. The van der Waals surface area contributed by atoms with Gasteiger partial charge in [-0.3, -0.25) is 0 Å². The molecule has 0 aliphatic rings. The van der Waals surface area contributed by atoms with E-state index in [0.29, 0.717) is 23.0 Å². The van der Waals surface area contributed by atoms with E-state index in [2.05, 4.69) is 45.7 Å². The molecule has 0 bridgehead atoms. The van der Waals surface area contributed by atoms with Crippen LogP contribution < -0.4 is 5.14 Å². The molecule has 2 heterocycles. The van der Waals surface area contributed by atoms with Crippen LogP contribution in [0.1, 0.15) is 31.7 Å². The Labute approximate surface area is 184 Å². The number of imidazole rings is 1. The molecule has 4 rings (SSSR count). The predicted molar refractivity (Wildman–Crippen MR) is 120 cm³/mol. The molecular weight excluding hydrogens is 434 g/mol. The third-order valence-electron chi connectivity index (χ3n) is 4.87. The highest BCUT2D eigenvalue weighted by molar-refractivity contribution is 7.98. The summed E-state index contributed by atoms with van der Waals surface area (Å²) in [4.78, 5) is 9.17. The molecule has 0 saturated carbocycles. The number of thioether (sulfide) groups is 1. The second-order valence-corrected chi connectivity index (χ2v) is 9.60. The molecule has 0 unspecified atom stereocenters. The van der Waals surface area contributed by atoms with Gasteiger partial charge in [0.2, 0.25) is 21.7 Å². The zero-order chi connectivity index (χ0) is 22.0. The highest BCUT2D eigenvalue weighted by Gasteiger charge is 2.16. The lowest BCUT2D eigenvalue weighted by molar-refractivity contribution is 0.391. The molecule has 2 aromatic carbocycles. The summed E-state index contributed by atoms with van der Waals surface area (Å²) in [5.74, 6) is 1.51. The van der Waals surface area contributed by atoms with Gasteiger partial charge in [-0.15, -0.1) is 0 Å². The Morgan fingerprint density at radius 1 is 1.10 bits per heavy atom. The lowest BCUT2D eigenvalue weighted by Crippen LogP contribution is -2.11. The van der Waals surface area contributed by atoms with Crippen molar-refractivity contribution in [3.05, 3.63) is 53.9 Å². The Balaban J connectivity index is 1.57. The van der Waals surface area contributed by atoms with Gasteiger partial charge in [0.1, 0.15) is 0 Å². The zero-order valence-electron chi connectivity index (χ0n) is 17.3. The second kappa shape index (κ2) is 8.81. The van der Waals surface area contributed by atoms with Crippen molar-refractivity contribution in [3.63, 3.8) is 0 Å². The molecule has 0 radical (unpaired) electrons. The Morgan fingerprint density at radius 2 is 1.87 bits per heavy atom. The van der Waals surface area contributed by atoms with E-state index in [4.69, 9.17) is 9.66 Å². The summed E-state index contributed by atoms with van der Waals surface area (Å²) in [5.41, 5.74) is 3.61. The highest BCUT2D eigenvalue weighted by Crippen LogP contribution is 2.29. The van der Waals surface area contributed by atoms with E-state index in [1.165, 1.54) is 29.5 Å². The first kappa shape index (κ1) is 21.5. The van der Waals surface area contributed by atoms with Crippen LogP contribution in [0.5, 0.6) is 0 Å². The number of nitrogens with two attached hydrogens (primary N) is 1. The number of rotatable bonds is 8.